The lowest BCUT2D eigenvalue weighted by molar-refractivity contribution is -0.141. The zero-order valence-corrected chi connectivity index (χ0v) is 17.9. The Labute approximate surface area is 178 Å². The lowest BCUT2D eigenvalue weighted by atomic mass is 9.92. The van der Waals surface area contributed by atoms with Crippen molar-refractivity contribution in [3.05, 3.63) is 76.4 Å². The number of benzene rings is 2. The summed E-state index contributed by atoms with van der Waals surface area (Å²) in [6.07, 6.45) is 3.92. The van der Waals surface area contributed by atoms with Crippen LogP contribution in [0.25, 0.3) is 5.76 Å². The fourth-order valence-corrected chi connectivity index (χ4v) is 4.67. The van der Waals surface area contributed by atoms with E-state index in [1.54, 1.807) is 17.0 Å². The molecule has 0 bridgehead atoms. The van der Waals surface area contributed by atoms with Crippen molar-refractivity contribution in [2.75, 3.05) is 0 Å². The van der Waals surface area contributed by atoms with Gasteiger partial charge in [0.05, 0.1) is 11.6 Å². The highest BCUT2D eigenvalue weighted by atomic mass is 16.3. The topological polar surface area (TPSA) is 57.6 Å². The normalized spacial score (nSPS) is 21.7. The van der Waals surface area contributed by atoms with E-state index in [0.717, 1.165) is 36.8 Å². The first-order valence-corrected chi connectivity index (χ1v) is 10.9. The molecule has 2 aromatic rings. The van der Waals surface area contributed by atoms with Crippen LogP contribution >= 0.6 is 0 Å². The molecule has 4 heteroatoms. The first kappa shape index (κ1) is 20.4. The fourth-order valence-electron chi connectivity index (χ4n) is 4.67. The number of aliphatic hydroxyl groups excluding tert-OH is 1. The van der Waals surface area contributed by atoms with Gasteiger partial charge in [-0.1, -0.05) is 80.8 Å². The average Bonchev–Trinajstić information content (AvgIpc) is 3.35. The second-order valence-corrected chi connectivity index (χ2v) is 8.83. The number of amides is 1. The molecule has 1 unspecified atom stereocenters. The first-order valence-electron chi connectivity index (χ1n) is 10.9. The first-order chi connectivity index (χ1) is 14.4. The van der Waals surface area contributed by atoms with Crippen molar-refractivity contribution in [1.82, 2.24) is 4.90 Å². The van der Waals surface area contributed by atoms with Crippen molar-refractivity contribution in [2.45, 2.75) is 64.5 Å². The van der Waals surface area contributed by atoms with Gasteiger partial charge in [0.2, 0.25) is 0 Å². The number of Topliss-reactive ketones (excluding diaryl/α,β-unsaturated/α-hetero) is 1. The third-order valence-electron chi connectivity index (χ3n) is 6.44. The van der Waals surface area contributed by atoms with Gasteiger partial charge in [0.25, 0.3) is 11.7 Å². The van der Waals surface area contributed by atoms with Crippen LogP contribution in [0.1, 0.15) is 73.7 Å². The Balaban J connectivity index is 1.85. The van der Waals surface area contributed by atoms with E-state index in [9.17, 15) is 14.7 Å². The minimum absolute atomic E-state index is 0.0412. The van der Waals surface area contributed by atoms with Crippen molar-refractivity contribution >= 4 is 17.4 Å². The van der Waals surface area contributed by atoms with Crippen LogP contribution in [0.2, 0.25) is 0 Å². The van der Waals surface area contributed by atoms with Gasteiger partial charge in [-0.25, -0.2) is 0 Å². The van der Waals surface area contributed by atoms with Crippen LogP contribution in [0, 0.1) is 6.92 Å². The van der Waals surface area contributed by atoms with E-state index in [2.05, 4.69) is 26.0 Å². The summed E-state index contributed by atoms with van der Waals surface area (Å²) in [5, 5.41) is 11.1. The van der Waals surface area contributed by atoms with Crippen molar-refractivity contribution in [1.29, 1.82) is 0 Å². The Morgan fingerprint density at radius 1 is 0.967 bits per heavy atom. The molecule has 0 spiro atoms. The Morgan fingerprint density at radius 2 is 1.57 bits per heavy atom. The van der Waals surface area contributed by atoms with E-state index in [1.807, 2.05) is 31.2 Å². The van der Waals surface area contributed by atoms with Crippen molar-refractivity contribution < 1.29 is 14.7 Å². The van der Waals surface area contributed by atoms with Crippen LogP contribution < -0.4 is 0 Å². The molecule has 4 rings (SSSR count). The smallest absolute Gasteiger partial charge is 0.295 e. The summed E-state index contributed by atoms with van der Waals surface area (Å²) in [4.78, 5) is 27.9. The maximum absolute atomic E-state index is 13.1. The monoisotopic (exact) mass is 403 g/mol. The predicted molar refractivity (Wildman–Crippen MR) is 118 cm³/mol. The maximum atomic E-state index is 13.1. The highest BCUT2D eigenvalue weighted by Gasteiger charge is 2.49. The van der Waals surface area contributed by atoms with Gasteiger partial charge in [0, 0.05) is 11.6 Å². The van der Waals surface area contributed by atoms with Gasteiger partial charge < -0.3 is 10.0 Å². The number of rotatable bonds is 4. The molecule has 2 aliphatic rings. The van der Waals surface area contributed by atoms with Gasteiger partial charge >= 0.3 is 0 Å². The third-order valence-corrected chi connectivity index (χ3v) is 6.44. The van der Waals surface area contributed by atoms with Crippen LogP contribution in [-0.4, -0.2) is 27.7 Å². The number of likely N-dealkylation sites (tertiary alicyclic amines) is 1. The SMILES string of the molecule is Cc1ccc(/C(O)=C2/C(=O)C(=O)N(C3CCCC3)C2c2ccc(C(C)C)cc2)cc1. The van der Waals surface area contributed by atoms with Crippen LogP contribution in [-0.2, 0) is 9.59 Å². The lowest BCUT2D eigenvalue weighted by Crippen LogP contribution is -2.37. The molecule has 0 radical (unpaired) electrons. The second-order valence-electron chi connectivity index (χ2n) is 8.83. The molecule has 1 aliphatic heterocycles. The molecule has 1 saturated carbocycles. The summed E-state index contributed by atoms with van der Waals surface area (Å²) in [6.45, 7) is 6.24. The summed E-state index contributed by atoms with van der Waals surface area (Å²) in [6, 6.07) is 15.0. The summed E-state index contributed by atoms with van der Waals surface area (Å²) in [7, 11) is 0. The molecule has 1 amide bonds. The minimum Gasteiger partial charge on any atom is -0.507 e. The molecule has 1 saturated heterocycles. The largest absolute Gasteiger partial charge is 0.507 e. The van der Waals surface area contributed by atoms with Gasteiger partial charge in [-0.3, -0.25) is 9.59 Å². The summed E-state index contributed by atoms with van der Waals surface area (Å²) in [5.41, 5.74) is 3.91. The Kier molecular flexibility index (Phi) is 5.50. The van der Waals surface area contributed by atoms with Crippen molar-refractivity contribution in [3.8, 4) is 0 Å². The van der Waals surface area contributed by atoms with Gasteiger partial charge in [-0.15, -0.1) is 0 Å². The molecule has 4 nitrogen and oxygen atoms in total. The van der Waals surface area contributed by atoms with Crippen LogP contribution in [0.3, 0.4) is 0 Å². The molecule has 156 valence electrons. The maximum Gasteiger partial charge on any atom is 0.295 e. The minimum atomic E-state index is -0.585. The third kappa shape index (κ3) is 3.55. The van der Waals surface area contributed by atoms with E-state index in [0.29, 0.717) is 11.5 Å². The standard InChI is InChI=1S/C26H29NO3/c1-16(2)18-12-14-19(15-13-18)23-22(24(28)20-10-8-17(3)9-11-20)25(29)26(30)27(23)21-6-4-5-7-21/h8-16,21,23,28H,4-7H2,1-3H3/b24-22-. The van der Waals surface area contributed by atoms with Gasteiger partial charge in [-0.2, -0.15) is 0 Å². The molecule has 1 aliphatic carbocycles. The summed E-state index contributed by atoms with van der Waals surface area (Å²) in [5.74, 6) is -0.772. The Hall–Kier alpha value is -2.88. The second kappa shape index (κ2) is 8.10. The molecule has 1 atom stereocenters. The Bertz CT molecular complexity index is 980. The number of ketones is 1. The van der Waals surface area contributed by atoms with Crippen LogP contribution in [0.4, 0.5) is 0 Å². The quantitative estimate of drug-likeness (QED) is 0.418. The van der Waals surface area contributed by atoms with Crippen molar-refractivity contribution in [2.24, 2.45) is 0 Å². The van der Waals surface area contributed by atoms with Crippen LogP contribution in [0.5, 0.6) is 0 Å². The Morgan fingerprint density at radius 3 is 2.13 bits per heavy atom. The predicted octanol–water partition coefficient (Wildman–Crippen LogP) is 5.48. The lowest BCUT2D eigenvalue weighted by Gasteiger charge is -2.31. The molecule has 2 fully saturated rings. The van der Waals surface area contributed by atoms with E-state index < -0.39 is 17.7 Å². The molecule has 2 aromatic carbocycles. The molecule has 1 heterocycles. The summed E-state index contributed by atoms with van der Waals surface area (Å²) < 4.78 is 0. The number of aliphatic hydroxyl groups is 1. The fraction of sp³-hybridized carbons (Fsp3) is 0.385. The number of carbonyl (C=O) groups excluding carboxylic acids is 2. The van der Waals surface area contributed by atoms with Gasteiger partial charge in [0.15, 0.2) is 0 Å². The molecular weight excluding hydrogens is 374 g/mol. The summed E-state index contributed by atoms with van der Waals surface area (Å²) >= 11 is 0. The molecule has 1 N–H and O–H groups in total. The van der Waals surface area contributed by atoms with E-state index in [1.165, 1.54) is 5.56 Å². The average molecular weight is 404 g/mol. The number of aryl methyl sites for hydroxylation is 1. The number of hydrogen-bond acceptors (Lipinski definition) is 3. The van der Waals surface area contributed by atoms with Crippen LogP contribution in [0.15, 0.2) is 54.1 Å². The zero-order chi connectivity index (χ0) is 21.4. The zero-order valence-electron chi connectivity index (χ0n) is 17.9. The van der Waals surface area contributed by atoms with E-state index in [4.69, 9.17) is 0 Å². The molecule has 0 aromatic heterocycles. The van der Waals surface area contributed by atoms with E-state index in [-0.39, 0.29) is 17.4 Å². The number of carbonyl (C=O) groups is 2. The number of nitrogens with zero attached hydrogens (tertiary/aromatic N) is 1. The van der Waals surface area contributed by atoms with Gasteiger partial charge in [-0.05, 0) is 36.8 Å². The van der Waals surface area contributed by atoms with Crippen molar-refractivity contribution in [3.63, 3.8) is 0 Å². The highest BCUT2D eigenvalue weighted by Crippen LogP contribution is 2.43. The molecule has 30 heavy (non-hydrogen) atoms. The van der Waals surface area contributed by atoms with E-state index >= 15 is 0 Å². The van der Waals surface area contributed by atoms with Gasteiger partial charge in [0.1, 0.15) is 5.76 Å². The molecular formula is C26H29NO3. The highest BCUT2D eigenvalue weighted by molar-refractivity contribution is 6.46. The number of hydrogen-bond donors (Lipinski definition) is 1.